The highest BCUT2D eigenvalue weighted by Crippen LogP contribution is 2.20. The van der Waals surface area contributed by atoms with Gasteiger partial charge in [0.05, 0.1) is 19.4 Å². The molecule has 1 saturated heterocycles. The molecule has 0 saturated carbocycles. The molecule has 2 rings (SSSR count). The molecule has 0 atom stereocenters. The summed E-state index contributed by atoms with van der Waals surface area (Å²) in [5, 5.41) is 22.5. The summed E-state index contributed by atoms with van der Waals surface area (Å²) >= 11 is 0. The number of amides is 1. The van der Waals surface area contributed by atoms with Crippen LogP contribution in [0.5, 0.6) is 11.5 Å². The minimum Gasteiger partial charge on any atom is -0.508 e. The third-order valence-electron chi connectivity index (χ3n) is 3.17. The molecule has 0 unspecified atom stereocenters. The van der Waals surface area contributed by atoms with Gasteiger partial charge < -0.3 is 14.9 Å². The van der Waals surface area contributed by atoms with Crippen LogP contribution in [0.4, 0.5) is 0 Å². The predicted octanol–water partition coefficient (Wildman–Crippen LogP) is 0.270. The zero-order valence-corrected chi connectivity index (χ0v) is 11.7. The number of phenols is 2. The van der Waals surface area contributed by atoms with Gasteiger partial charge in [-0.2, -0.15) is 5.10 Å². The minimum absolute atomic E-state index is 0.0285. The van der Waals surface area contributed by atoms with Crippen LogP contribution in [0, 0.1) is 0 Å². The Labute approximate surface area is 122 Å². The Morgan fingerprint density at radius 1 is 1.38 bits per heavy atom. The number of morpholine rings is 1. The quantitative estimate of drug-likeness (QED) is 0.535. The number of hydrazone groups is 1. The van der Waals surface area contributed by atoms with Crippen molar-refractivity contribution in [2.45, 2.75) is 6.42 Å². The Balaban J connectivity index is 1.73. The largest absolute Gasteiger partial charge is 0.508 e. The van der Waals surface area contributed by atoms with Crippen molar-refractivity contribution in [3.8, 4) is 11.5 Å². The molecule has 7 heteroatoms. The van der Waals surface area contributed by atoms with Crippen LogP contribution in [0.2, 0.25) is 0 Å². The first-order valence-electron chi connectivity index (χ1n) is 6.79. The van der Waals surface area contributed by atoms with Gasteiger partial charge in [-0.15, -0.1) is 0 Å². The smallest absolute Gasteiger partial charge is 0.241 e. The number of hydrogen-bond donors (Lipinski definition) is 3. The monoisotopic (exact) mass is 293 g/mol. The van der Waals surface area contributed by atoms with Gasteiger partial charge >= 0.3 is 0 Å². The molecular weight excluding hydrogens is 274 g/mol. The van der Waals surface area contributed by atoms with Gasteiger partial charge in [0.2, 0.25) is 5.91 Å². The summed E-state index contributed by atoms with van der Waals surface area (Å²) in [7, 11) is 0. The number of carbonyl (C=O) groups excluding carboxylic acids is 1. The topological polar surface area (TPSA) is 94.4 Å². The number of ether oxygens (including phenoxy) is 1. The van der Waals surface area contributed by atoms with E-state index in [2.05, 4.69) is 15.4 Å². The van der Waals surface area contributed by atoms with Crippen molar-refractivity contribution in [3.63, 3.8) is 0 Å². The maximum Gasteiger partial charge on any atom is 0.241 e. The van der Waals surface area contributed by atoms with Crippen LogP contribution in [0.3, 0.4) is 0 Å². The van der Waals surface area contributed by atoms with Gasteiger partial charge in [-0.3, -0.25) is 9.69 Å². The summed E-state index contributed by atoms with van der Waals surface area (Å²) in [6, 6.07) is 4.15. The van der Waals surface area contributed by atoms with E-state index in [0.717, 1.165) is 13.1 Å². The van der Waals surface area contributed by atoms with E-state index in [4.69, 9.17) is 9.84 Å². The Morgan fingerprint density at radius 3 is 2.86 bits per heavy atom. The van der Waals surface area contributed by atoms with E-state index >= 15 is 0 Å². The summed E-state index contributed by atoms with van der Waals surface area (Å²) in [4.78, 5) is 13.8. The van der Waals surface area contributed by atoms with Crippen LogP contribution >= 0.6 is 0 Å². The van der Waals surface area contributed by atoms with Gasteiger partial charge in [0.15, 0.2) is 0 Å². The Hall–Kier alpha value is -2.12. The number of carbonyl (C=O) groups is 1. The maximum absolute atomic E-state index is 11.6. The van der Waals surface area contributed by atoms with E-state index in [1.54, 1.807) is 0 Å². The van der Waals surface area contributed by atoms with Crippen LogP contribution in [0.1, 0.15) is 12.0 Å². The Kier molecular flexibility index (Phi) is 5.53. The fraction of sp³-hybridized carbons (Fsp3) is 0.429. The number of phenolic OH excluding ortho intramolecular Hbond substituents is 2. The van der Waals surface area contributed by atoms with E-state index in [1.807, 2.05) is 0 Å². The lowest BCUT2D eigenvalue weighted by Crippen LogP contribution is -2.38. The zero-order chi connectivity index (χ0) is 15.1. The molecule has 114 valence electrons. The van der Waals surface area contributed by atoms with Crippen molar-refractivity contribution in [2.75, 3.05) is 32.8 Å². The highest BCUT2D eigenvalue weighted by atomic mass is 16.5. The highest BCUT2D eigenvalue weighted by Gasteiger charge is 2.11. The molecule has 3 N–H and O–H groups in total. The SMILES string of the molecule is O=C(CCN1CCOCC1)N/N=C/c1ccc(O)cc1O. The lowest BCUT2D eigenvalue weighted by atomic mass is 10.2. The van der Waals surface area contributed by atoms with Crippen molar-refractivity contribution in [2.24, 2.45) is 5.10 Å². The number of aromatic hydroxyl groups is 2. The fourth-order valence-electron chi connectivity index (χ4n) is 1.96. The van der Waals surface area contributed by atoms with Gasteiger partial charge in [-0.05, 0) is 12.1 Å². The zero-order valence-electron chi connectivity index (χ0n) is 11.7. The van der Waals surface area contributed by atoms with Crippen LogP contribution in [0.25, 0.3) is 0 Å². The molecular formula is C14H19N3O4. The number of nitrogens with zero attached hydrogens (tertiary/aromatic N) is 2. The fourth-order valence-corrected chi connectivity index (χ4v) is 1.96. The average molecular weight is 293 g/mol. The van der Waals surface area contributed by atoms with E-state index in [-0.39, 0.29) is 17.4 Å². The summed E-state index contributed by atoms with van der Waals surface area (Å²) < 4.78 is 5.23. The van der Waals surface area contributed by atoms with Crippen LogP contribution in [-0.2, 0) is 9.53 Å². The lowest BCUT2D eigenvalue weighted by Gasteiger charge is -2.25. The molecule has 0 radical (unpaired) electrons. The van der Waals surface area contributed by atoms with Gasteiger partial charge in [0.25, 0.3) is 0 Å². The summed E-state index contributed by atoms with van der Waals surface area (Å²) in [5.74, 6) is -0.309. The second kappa shape index (κ2) is 7.61. The summed E-state index contributed by atoms with van der Waals surface area (Å²) in [5.41, 5.74) is 2.83. The molecule has 1 aromatic rings. The molecule has 21 heavy (non-hydrogen) atoms. The predicted molar refractivity (Wildman–Crippen MR) is 77.4 cm³/mol. The molecule has 0 aromatic heterocycles. The molecule has 1 amide bonds. The maximum atomic E-state index is 11.6. The molecule has 7 nitrogen and oxygen atoms in total. The van der Waals surface area contributed by atoms with Gasteiger partial charge in [-0.1, -0.05) is 0 Å². The molecule has 1 aromatic carbocycles. The van der Waals surface area contributed by atoms with E-state index < -0.39 is 0 Å². The number of rotatable bonds is 5. The van der Waals surface area contributed by atoms with Gasteiger partial charge in [-0.25, -0.2) is 5.43 Å². The van der Waals surface area contributed by atoms with Crippen molar-refractivity contribution >= 4 is 12.1 Å². The van der Waals surface area contributed by atoms with E-state index in [9.17, 15) is 9.90 Å². The molecule has 1 fully saturated rings. The van der Waals surface area contributed by atoms with Crippen molar-refractivity contribution in [3.05, 3.63) is 23.8 Å². The van der Waals surface area contributed by atoms with E-state index in [0.29, 0.717) is 31.7 Å². The molecule has 1 aliphatic heterocycles. The second-order valence-electron chi connectivity index (χ2n) is 4.74. The number of hydrogen-bond acceptors (Lipinski definition) is 6. The first-order valence-corrected chi connectivity index (χ1v) is 6.79. The van der Waals surface area contributed by atoms with Crippen molar-refractivity contribution < 1.29 is 19.7 Å². The molecule has 0 spiro atoms. The third kappa shape index (κ3) is 5.05. The van der Waals surface area contributed by atoms with Crippen LogP contribution in [-0.4, -0.2) is 60.1 Å². The molecule has 0 aliphatic carbocycles. The van der Waals surface area contributed by atoms with E-state index in [1.165, 1.54) is 24.4 Å². The lowest BCUT2D eigenvalue weighted by molar-refractivity contribution is -0.121. The average Bonchev–Trinajstić information content (AvgIpc) is 2.48. The molecule has 1 heterocycles. The van der Waals surface area contributed by atoms with Crippen molar-refractivity contribution in [1.29, 1.82) is 0 Å². The molecule has 0 bridgehead atoms. The third-order valence-corrected chi connectivity index (χ3v) is 3.17. The van der Waals surface area contributed by atoms with Crippen LogP contribution < -0.4 is 5.43 Å². The Bertz CT molecular complexity index is 513. The van der Waals surface area contributed by atoms with Gasteiger partial charge in [0.1, 0.15) is 11.5 Å². The standard InChI is InChI=1S/C14H19N3O4/c18-12-2-1-11(13(19)9-12)10-15-16-14(20)3-4-17-5-7-21-8-6-17/h1-2,9-10,18-19H,3-8H2,(H,16,20)/b15-10+. The number of nitrogens with one attached hydrogen (secondary N) is 1. The summed E-state index contributed by atoms with van der Waals surface area (Å²) in [6.07, 6.45) is 1.69. The molecule has 1 aliphatic rings. The normalized spacial score (nSPS) is 16.2. The minimum atomic E-state index is -0.184. The van der Waals surface area contributed by atoms with Crippen LogP contribution in [0.15, 0.2) is 23.3 Å². The summed E-state index contributed by atoms with van der Waals surface area (Å²) in [6.45, 7) is 3.78. The van der Waals surface area contributed by atoms with Crippen molar-refractivity contribution in [1.82, 2.24) is 10.3 Å². The highest BCUT2D eigenvalue weighted by molar-refractivity contribution is 5.85. The first kappa shape index (κ1) is 15.3. The van der Waals surface area contributed by atoms with Gasteiger partial charge in [0, 0.05) is 37.7 Å². The number of benzene rings is 1. The first-order chi connectivity index (χ1) is 10.1. The Morgan fingerprint density at radius 2 is 2.14 bits per heavy atom. The second-order valence-corrected chi connectivity index (χ2v) is 4.74.